The molecule has 3 aromatic heterocycles. The molecule has 3 N–H and O–H groups in total. The number of para-hydroxylation sites is 1. The van der Waals surface area contributed by atoms with Gasteiger partial charge in [-0.25, -0.2) is 9.97 Å². The SMILES string of the molecule is Cc1cc(-c2cccc3nc(C(C)Nc4nc(N)ncc4C#N)n(-c4ccccc4)c(=O)c23)ccn1. The first-order valence-corrected chi connectivity index (χ1v) is 11.3. The minimum Gasteiger partial charge on any atom is -0.368 e. The van der Waals surface area contributed by atoms with Crippen LogP contribution < -0.4 is 16.6 Å². The van der Waals surface area contributed by atoms with Crippen molar-refractivity contribution in [1.29, 1.82) is 5.26 Å². The van der Waals surface area contributed by atoms with Gasteiger partial charge in [0.1, 0.15) is 23.3 Å². The number of aryl methyl sites for hydroxylation is 1. The summed E-state index contributed by atoms with van der Waals surface area (Å²) in [5.41, 5.74) is 9.54. The van der Waals surface area contributed by atoms with Crippen molar-refractivity contribution in [3.8, 4) is 22.9 Å². The first-order valence-electron chi connectivity index (χ1n) is 11.3. The molecule has 5 aromatic rings. The van der Waals surface area contributed by atoms with Crippen molar-refractivity contribution in [1.82, 2.24) is 24.5 Å². The molecule has 0 saturated heterocycles. The lowest BCUT2D eigenvalue weighted by Gasteiger charge is -2.21. The highest BCUT2D eigenvalue weighted by atomic mass is 16.1. The van der Waals surface area contributed by atoms with Crippen molar-refractivity contribution in [3.63, 3.8) is 0 Å². The summed E-state index contributed by atoms with van der Waals surface area (Å²) in [6.45, 7) is 3.76. The fraction of sp³-hybridized carbons (Fsp3) is 0.111. The fourth-order valence-corrected chi connectivity index (χ4v) is 4.17. The lowest BCUT2D eigenvalue weighted by atomic mass is 10.0. The number of fused-ring (bicyclic) bond motifs is 1. The molecule has 0 saturated carbocycles. The Morgan fingerprint density at radius 3 is 2.61 bits per heavy atom. The molecule has 0 amide bonds. The molecular formula is C27H22N8O. The molecule has 36 heavy (non-hydrogen) atoms. The second kappa shape index (κ2) is 9.27. The number of anilines is 2. The Morgan fingerprint density at radius 2 is 1.86 bits per heavy atom. The molecule has 0 radical (unpaired) electrons. The van der Waals surface area contributed by atoms with E-state index >= 15 is 0 Å². The highest BCUT2D eigenvalue weighted by Gasteiger charge is 2.21. The number of nitrogens with two attached hydrogens (primary N) is 1. The third kappa shape index (κ3) is 4.12. The average Bonchev–Trinajstić information content (AvgIpc) is 2.89. The molecule has 0 aliphatic rings. The van der Waals surface area contributed by atoms with Gasteiger partial charge in [-0.3, -0.25) is 14.3 Å². The minimum atomic E-state index is -0.504. The predicted octanol–water partition coefficient (Wildman–Crippen LogP) is 4.17. The Bertz CT molecular complexity index is 1690. The van der Waals surface area contributed by atoms with Gasteiger partial charge in [-0.1, -0.05) is 30.3 Å². The van der Waals surface area contributed by atoms with Crippen LogP contribution in [0.1, 0.15) is 30.0 Å². The van der Waals surface area contributed by atoms with Crippen molar-refractivity contribution >= 4 is 22.7 Å². The van der Waals surface area contributed by atoms with Crippen molar-refractivity contribution in [2.75, 3.05) is 11.1 Å². The number of pyridine rings is 1. The van der Waals surface area contributed by atoms with E-state index in [9.17, 15) is 10.1 Å². The van der Waals surface area contributed by atoms with Crippen LogP contribution in [0.3, 0.4) is 0 Å². The van der Waals surface area contributed by atoms with Crippen LogP contribution in [0.15, 0.2) is 77.9 Å². The monoisotopic (exact) mass is 474 g/mol. The van der Waals surface area contributed by atoms with Gasteiger partial charge in [0.15, 0.2) is 0 Å². The van der Waals surface area contributed by atoms with Crippen molar-refractivity contribution in [2.45, 2.75) is 19.9 Å². The van der Waals surface area contributed by atoms with Gasteiger partial charge in [0.2, 0.25) is 5.95 Å². The van der Waals surface area contributed by atoms with Gasteiger partial charge < -0.3 is 11.1 Å². The molecule has 0 spiro atoms. The summed E-state index contributed by atoms with van der Waals surface area (Å²) >= 11 is 0. The van der Waals surface area contributed by atoms with Crippen LogP contribution in [0, 0.1) is 18.3 Å². The van der Waals surface area contributed by atoms with E-state index in [4.69, 9.17) is 10.7 Å². The Kier molecular flexibility index (Phi) is 5.84. The van der Waals surface area contributed by atoms with Gasteiger partial charge in [0, 0.05) is 11.9 Å². The van der Waals surface area contributed by atoms with Gasteiger partial charge >= 0.3 is 0 Å². The lowest BCUT2D eigenvalue weighted by Crippen LogP contribution is -2.28. The molecule has 2 aromatic carbocycles. The molecule has 176 valence electrons. The number of nitriles is 1. The largest absolute Gasteiger partial charge is 0.368 e. The summed E-state index contributed by atoms with van der Waals surface area (Å²) in [5, 5.41) is 13.2. The molecule has 1 unspecified atom stereocenters. The predicted molar refractivity (Wildman–Crippen MR) is 139 cm³/mol. The molecule has 0 aliphatic carbocycles. The van der Waals surface area contributed by atoms with Crippen LogP contribution >= 0.6 is 0 Å². The number of hydrogen-bond acceptors (Lipinski definition) is 8. The van der Waals surface area contributed by atoms with Crippen molar-refractivity contribution < 1.29 is 0 Å². The van der Waals surface area contributed by atoms with Crippen LogP contribution in [0.4, 0.5) is 11.8 Å². The van der Waals surface area contributed by atoms with Crippen LogP contribution in [0.5, 0.6) is 0 Å². The zero-order valence-corrected chi connectivity index (χ0v) is 19.7. The number of benzene rings is 2. The van der Waals surface area contributed by atoms with Crippen LogP contribution in [0.2, 0.25) is 0 Å². The zero-order chi connectivity index (χ0) is 25.2. The van der Waals surface area contributed by atoms with Crippen molar-refractivity contribution in [3.05, 3.63) is 100 Å². The number of hydrogen-bond donors (Lipinski definition) is 2. The van der Waals surface area contributed by atoms with Crippen LogP contribution in [-0.2, 0) is 0 Å². The van der Waals surface area contributed by atoms with E-state index in [0.29, 0.717) is 22.4 Å². The number of nitrogen functional groups attached to an aromatic ring is 1. The highest BCUT2D eigenvalue weighted by molar-refractivity contribution is 5.94. The van der Waals surface area contributed by atoms with E-state index in [2.05, 4.69) is 26.3 Å². The van der Waals surface area contributed by atoms with E-state index in [1.54, 1.807) is 10.8 Å². The number of rotatable bonds is 5. The summed E-state index contributed by atoms with van der Waals surface area (Å²) in [7, 11) is 0. The smallest absolute Gasteiger partial charge is 0.266 e. The third-order valence-electron chi connectivity index (χ3n) is 5.81. The standard InChI is InChI=1S/C27H22N8O/c1-16-13-18(11-12-30-16)21-9-6-10-22-23(21)26(36)35(20-7-4-3-5-8-20)25(33-22)17(2)32-24-19(14-28)15-31-27(29)34-24/h3-13,15,17H,1-2H3,(H3,29,31,32,34). The van der Waals surface area contributed by atoms with E-state index in [1.807, 2.05) is 74.5 Å². The van der Waals surface area contributed by atoms with Crippen molar-refractivity contribution in [2.24, 2.45) is 0 Å². The molecule has 0 aliphatic heterocycles. The molecule has 3 heterocycles. The Labute approximate surface area is 206 Å². The molecule has 9 nitrogen and oxygen atoms in total. The molecule has 1 atom stereocenters. The Balaban J connectivity index is 1.75. The molecule has 5 rings (SSSR count). The Morgan fingerprint density at radius 1 is 1.06 bits per heavy atom. The third-order valence-corrected chi connectivity index (χ3v) is 5.81. The second-order valence-corrected chi connectivity index (χ2v) is 8.30. The first-order chi connectivity index (χ1) is 17.5. The molecule has 0 bridgehead atoms. The number of nitrogens with zero attached hydrogens (tertiary/aromatic N) is 6. The first kappa shape index (κ1) is 22.7. The fourth-order valence-electron chi connectivity index (χ4n) is 4.17. The maximum atomic E-state index is 14.1. The maximum absolute atomic E-state index is 14.1. The topological polar surface area (TPSA) is 135 Å². The Hall–Kier alpha value is -5.10. The highest BCUT2D eigenvalue weighted by Crippen LogP contribution is 2.28. The van der Waals surface area contributed by atoms with Gasteiger partial charge in [0.05, 0.1) is 28.8 Å². The normalized spacial score (nSPS) is 11.7. The number of aromatic nitrogens is 5. The quantitative estimate of drug-likeness (QED) is 0.387. The summed E-state index contributed by atoms with van der Waals surface area (Å²) in [6.07, 6.45) is 3.09. The van der Waals surface area contributed by atoms with Gasteiger partial charge in [-0.2, -0.15) is 10.2 Å². The van der Waals surface area contributed by atoms with Crippen LogP contribution in [0.25, 0.3) is 27.7 Å². The summed E-state index contributed by atoms with van der Waals surface area (Å²) in [4.78, 5) is 31.4. The molecule has 0 fully saturated rings. The second-order valence-electron chi connectivity index (χ2n) is 8.30. The van der Waals surface area contributed by atoms with E-state index in [0.717, 1.165) is 16.8 Å². The summed E-state index contributed by atoms with van der Waals surface area (Å²) < 4.78 is 1.59. The minimum absolute atomic E-state index is 0.0351. The summed E-state index contributed by atoms with van der Waals surface area (Å²) in [5.74, 6) is 0.767. The van der Waals surface area contributed by atoms with Crippen LogP contribution in [-0.4, -0.2) is 24.5 Å². The van der Waals surface area contributed by atoms with Gasteiger partial charge in [0.25, 0.3) is 5.56 Å². The number of nitrogens with one attached hydrogen (secondary N) is 1. The lowest BCUT2D eigenvalue weighted by molar-refractivity contribution is 0.731. The maximum Gasteiger partial charge on any atom is 0.266 e. The van der Waals surface area contributed by atoms with Gasteiger partial charge in [-0.15, -0.1) is 0 Å². The van der Waals surface area contributed by atoms with Gasteiger partial charge in [-0.05, 0) is 55.3 Å². The zero-order valence-electron chi connectivity index (χ0n) is 19.7. The van der Waals surface area contributed by atoms with E-state index in [1.165, 1.54) is 6.20 Å². The summed E-state index contributed by atoms with van der Waals surface area (Å²) in [6, 6.07) is 20.3. The van der Waals surface area contributed by atoms with E-state index < -0.39 is 6.04 Å². The molecule has 9 heteroatoms. The average molecular weight is 475 g/mol. The molecular weight excluding hydrogens is 452 g/mol. The van der Waals surface area contributed by atoms with E-state index in [-0.39, 0.29) is 22.9 Å².